The van der Waals surface area contributed by atoms with Crippen LogP contribution in [0, 0.1) is 13.8 Å². The van der Waals surface area contributed by atoms with Crippen molar-refractivity contribution in [1.29, 1.82) is 0 Å². The zero-order valence-corrected chi connectivity index (χ0v) is 12.9. The summed E-state index contributed by atoms with van der Waals surface area (Å²) in [5.74, 6) is -0.117. The number of carboxylic acid groups (broad SMARTS) is 1. The molecule has 0 aromatic heterocycles. The van der Waals surface area contributed by atoms with Crippen molar-refractivity contribution in [3.05, 3.63) is 63.1 Å². The van der Waals surface area contributed by atoms with E-state index in [1.165, 1.54) is 0 Å². The van der Waals surface area contributed by atoms with Crippen molar-refractivity contribution in [3.8, 4) is 5.75 Å². The average Bonchev–Trinajstić information content (AvgIpc) is 2.44. The number of halogens is 1. The third kappa shape index (κ3) is 3.20. The Balaban J connectivity index is 2.15. The van der Waals surface area contributed by atoms with Crippen molar-refractivity contribution >= 4 is 21.9 Å². The van der Waals surface area contributed by atoms with E-state index in [0.29, 0.717) is 6.61 Å². The van der Waals surface area contributed by atoms with Crippen LogP contribution in [-0.4, -0.2) is 11.1 Å². The lowest BCUT2D eigenvalue weighted by Gasteiger charge is -2.12. The molecule has 2 aromatic carbocycles. The van der Waals surface area contributed by atoms with Crippen molar-refractivity contribution in [3.63, 3.8) is 0 Å². The molecule has 104 valence electrons. The number of hydrogen-bond acceptors (Lipinski definition) is 2. The molecule has 0 amide bonds. The van der Waals surface area contributed by atoms with Gasteiger partial charge in [0.2, 0.25) is 0 Å². The van der Waals surface area contributed by atoms with Crippen LogP contribution in [0.25, 0.3) is 0 Å². The molecular formula is C16H15BrO3. The average molecular weight is 335 g/mol. The predicted molar refractivity (Wildman–Crippen MR) is 81.3 cm³/mol. The topological polar surface area (TPSA) is 46.5 Å². The van der Waals surface area contributed by atoms with Gasteiger partial charge in [-0.1, -0.05) is 28.1 Å². The summed E-state index contributed by atoms with van der Waals surface area (Å²) in [5.41, 5.74) is 3.33. The summed E-state index contributed by atoms with van der Waals surface area (Å²) in [7, 11) is 0. The van der Waals surface area contributed by atoms with Gasteiger partial charge in [-0.15, -0.1) is 0 Å². The van der Waals surface area contributed by atoms with Gasteiger partial charge >= 0.3 is 5.97 Å². The molecule has 4 heteroatoms. The van der Waals surface area contributed by atoms with E-state index in [9.17, 15) is 4.79 Å². The van der Waals surface area contributed by atoms with E-state index in [1.54, 1.807) is 18.2 Å². The number of hydrogen-bond donors (Lipinski definition) is 1. The maximum atomic E-state index is 10.9. The van der Waals surface area contributed by atoms with E-state index in [2.05, 4.69) is 15.9 Å². The van der Waals surface area contributed by atoms with Gasteiger partial charge in [0, 0.05) is 4.47 Å². The van der Waals surface area contributed by atoms with Gasteiger partial charge in [0.15, 0.2) is 0 Å². The fourth-order valence-corrected chi connectivity index (χ4v) is 2.30. The predicted octanol–water partition coefficient (Wildman–Crippen LogP) is 4.34. The lowest BCUT2D eigenvalue weighted by atomic mass is 10.1. The Hall–Kier alpha value is -1.81. The molecule has 0 heterocycles. The van der Waals surface area contributed by atoms with Gasteiger partial charge in [0.1, 0.15) is 12.4 Å². The molecule has 0 radical (unpaired) electrons. The highest BCUT2D eigenvalue weighted by molar-refractivity contribution is 9.10. The molecule has 2 aromatic rings. The molecule has 20 heavy (non-hydrogen) atoms. The molecule has 1 N–H and O–H groups in total. The lowest BCUT2D eigenvalue weighted by Crippen LogP contribution is -2.01. The van der Waals surface area contributed by atoms with Crippen molar-refractivity contribution in [1.82, 2.24) is 0 Å². The van der Waals surface area contributed by atoms with E-state index in [-0.39, 0.29) is 5.56 Å². The Morgan fingerprint density at radius 3 is 2.65 bits per heavy atom. The van der Waals surface area contributed by atoms with Crippen molar-refractivity contribution in [2.24, 2.45) is 0 Å². The van der Waals surface area contributed by atoms with Gasteiger partial charge in [-0.25, -0.2) is 4.79 Å². The first kappa shape index (κ1) is 14.6. The van der Waals surface area contributed by atoms with Crippen LogP contribution in [-0.2, 0) is 6.61 Å². The van der Waals surface area contributed by atoms with Crippen LogP contribution in [0.5, 0.6) is 5.75 Å². The second-order valence-electron chi connectivity index (χ2n) is 4.59. The van der Waals surface area contributed by atoms with Crippen LogP contribution in [0.15, 0.2) is 40.9 Å². The fourth-order valence-electron chi connectivity index (χ4n) is 1.87. The number of ether oxygens (including phenoxy) is 1. The largest absolute Gasteiger partial charge is 0.489 e. The number of benzene rings is 2. The summed E-state index contributed by atoms with van der Waals surface area (Å²) in [6.07, 6.45) is 0. The molecular weight excluding hydrogens is 320 g/mol. The maximum absolute atomic E-state index is 10.9. The Morgan fingerprint density at radius 2 is 1.95 bits per heavy atom. The number of rotatable bonds is 4. The molecule has 0 unspecified atom stereocenters. The van der Waals surface area contributed by atoms with E-state index < -0.39 is 5.97 Å². The number of carbonyl (C=O) groups is 1. The van der Waals surface area contributed by atoms with E-state index in [0.717, 1.165) is 26.9 Å². The first-order chi connectivity index (χ1) is 9.49. The third-order valence-corrected chi connectivity index (χ3v) is 4.10. The van der Waals surface area contributed by atoms with Crippen LogP contribution in [0.1, 0.15) is 27.0 Å². The first-order valence-electron chi connectivity index (χ1n) is 6.20. The smallest absolute Gasteiger partial charge is 0.335 e. The molecule has 0 fully saturated rings. The quantitative estimate of drug-likeness (QED) is 0.904. The SMILES string of the molecule is Cc1c(Br)ccc(OCc2cccc(C(=O)O)c2)c1C. The highest BCUT2D eigenvalue weighted by Gasteiger charge is 2.07. The summed E-state index contributed by atoms with van der Waals surface area (Å²) >= 11 is 3.48. The van der Waals surface area contributed by atoms with E-state index in [4.69, 9.17) is 9.84 Å². The van der Waals surface area contributed by atoms with Crippen LogP contribution in [0.3, 0.4) is 0 Å². The molecule has 0 aliphatic heterocycles. The Bertz CT molecular complexity index is 650. The highest BCUT2D eigenvalue weighted by Crippen LogP contribution is 2.28. The lowest BCUT2D eigenvalue weighted by molar-refractivity contribution is 0.0696. The van der Waals surface area contributed by atoms with E-state index >= 15 is 0 Å². The zero-order chi connectivity index (χ0) is 14.7. The molecule has 0 aliphatic carbocycles. The highest BCUT2D eigenvalue weighted by atomic mass is 79.9. The molecule has 2 rings (SSSR count). The van der Waals surface area contributed by atoms with Crippen molar-refractivity contribution < 1.29 is 14.6 Å². The minimum atomic E-state index is -0.928. The molecule has 0 spiro atoms. The molecule has 0 saturated heterocycles. The molecule has 0 aliphatic rings. The maximum Gasteiger partial charge on any atom is 0.335 e. The summed E-state index contributed by atoms with van der Waals surface area (Å²) < 4.78 is 6.83. The van der Waals surface area contributed by atoms with E-state index in [1.807, 2.05) is 32.0 Å². The number of carboxylic acids is 1. The normalized spacial score (nSPS) is 10.3. The zero-order valence-electron chi connectivity index (χ0n) is 11.3. The monoisotopic (exact) mass is 334 g/mol. The van der Waals surface area contributed by atoms with Gasteiger partial charge < -0.3 is 9.84 Å². The van der Waals surface area contributed by atoms with Gasteiger partial charge in [0.25, 0.3) is 0 Å². The summed E-state index contributed by atoms with van der Waals surface area (Å²) in [4.78, 5) is 10.9. The molecule has 3 nitrogen and oxygen atoms in total. The summed E-state index contributed by atoms with van der Waals surface area (Å²) in [5, 5.41) is 8.96. The van der Waals surface area contributed by atoms with Gasteiger partial charge in [-0.2, -0.15) is 0 Å². The Morgan fingerprint density at radius 1 is 1.20 bits per heavy atom. The molecule has 0 atom stereocenters. The standard InChI is InChI=1S/C16H15BrO3/c1-10-11(2)15(7-6-14(10)17)20-9-12-4-3-5-13(8-12)16(18)19/h3-8H,9H2,1-2H3,(H,18,19). The third-order valence-electron chi connectivity index (χ3n) is 3.24. The van der Waals surface area contributed by atoms with Gasteiger partial charge in [0.05, 0.1) is 5.56 Å². The Labute approximate surface area is 126 Å². The van der Waals surface area contributed by atoms with Gasteiger partial charge in [-0.3, -0.25) is 0 Å². The van der Waals surface area contributed by atoms with Crippen molar-refractivity contribution in [2.45, 2.75) is 20.5 Å². The number of aromatic carboxylic acids is 1. The van der Waals surface area contributed by atoms with Crippen LogP contribution in [0.4, 0.5) is 0 Å². The molecule has 0 bridgehead atoms. The van der Waals surface area contributed by atoms with Crippen LogP contribution in [0.2, 0.25) is 0 Å². The van der Waals surface area contributed by atoms with Crippen LogP contribution < -0.4 is 4.74 Å². The van der Waals surface area contributed by atoms with Gasteiger partial charge in [-0.05, 0) is 54.8 Å². The minimum Gasteiger partial charge on any atom is -0.489 e. The second kappa shape index (κ2) is 6.09. The Kier molecular flexibility index (Phi) is 4.45. The fraction of sp³-hybridized carbons (Fsp3) is 0.188. The summed E-state index contributed by atoms with van der Waals surface area (Å²) in [6.45, 7) is 4.38. The second-order valence-corrected chi connectivity index (χ2v) is 5.44. The first-order valence-corrected chi connectivity index (χ1v) is 6.99. The minimum absolute atomic E-state index is 0.273. The van der Waals surface area contributed by atoms with Crippen molar-refractivity contribution in [2.75, 3.05) is 0 Å². The summed E-state index contributed by atoms with van der Waals surface area (Å²) in [6, 6.07) is 10.6. The van der Waals surface area contributed by atoms with Crippen LogP contribution >= 0.6 is 15.9 Å². The molecule has 0 saturated carbocycles.